The minimum Gasteiger partial charge on any atom is -0.313 e. The Labute approximate surface area is 118 Å². The Hall–Kier alpha value is -0.820. The maximum atomic E-state index is 3.65. The van der Waals surface area contributed by atoms with Crippen LogP contribution < -0.4 is 5.32 Å². The van der Waals surface area contributed by atoms with E-state index in [4.69, 9.17) is 0 Å². The van der Waals surface area contributed by atoms with Gasteiger partial charge in [0.25, 0.3) is 0 Å². The van der Waals surface area contributed by atoms with E-state index in [0.717, 1.165) is 19.0 Å². The molecule has 1 aromatic carbocycles. The lowest BCUT2D eigenvalue weighted by molar-refractivity contribution is 0.337. The molecule has 0 aromatic heterocycles. The van der Waals surface area contributed by atoms with Crippen molar-refractivity contribution in [2.24, 2.45) is 5.41 Å². The van der Waals surface area contributed by atoms with Crippen LogP contribution in [-0.2, 0) is 11.8 Å². The first-order valence-electron chi connectivity index (χ1n) is 7.59. The van der Waals surface area contributed by atoms with Gasteiger partial charge in [0.1, 0.15) is 0 Å². The van der Waals surface area contributed by atoms with Crippen LogP contribution in [0.5, 0.6) is 0 Å². The van der Waals surface area contributed by atoms with E-state index in [-0.39, 0.29) is 5.41 Å². The Bertz CT molecular complexity index is 404. The van der Waals surface area contributed by atoms with Gasteiger partial charge in [-0.2, -0.15) is 0 Å². The topological polar surface area (TPSA) is 12.0 Å². The fourth-order valence-electron chi connectivity index (χ4n) is 2.45. The second kappa shape index (κ2) is 5.28. The summed E-state index contributed by atoms with van der Waals surface area (Å²) in [6.07, 6.45) is 3.89. The van der Waals surface area contributed by atoms with Crippen LogP contribution in [0.2, 0.25) is 0 Å². The monoisotopic (exact) mass is 259 g/mol. The van der Waals surface area contributed by atoms with Crippen molar-refractivity contribution in [3.05, 3.63) is 35.4 Å². The molecule has 1 N–H and O–H groups in total. The summed E-state index contributed by atoms with van der Waals surface area (Å²) in [5, 5.41) is 3.65. The third-order valence-electron chi connectivity index (χ3n) is 3.95. The molecule has 0 heterocycles. The molecule has 1 heteroatoms. The van der Waals surface area contributed by atoms with Crippen LogP contribution in [0.15, 0.2) is 24.3 Å². The van der Waals surface area contributed by atoms with E-state index < -0.39 is 0 Å². The SMILES string of the molecule is CC(C)(CNC1CC1)Cc1ccc(C(C)(C)C)cc1. The summed E-state index contributed by atoms with van der Waals surface area (Å²) in [5.41, 5.74) is 3.47. The van der Waals surface area contributed by atoms with Gasteiger partial charge in [-0.1, -0.05) is 58.9 Å². The van der Waals surface area contributed by atoms with Crippen molar-refractivity contribution in [3.8, 4) is 0 Å². The maximum Gasteiger partial charge on any atom is 0.00684 e. The molecule has 1 nitrogen and oxygen atoms in total. The lowest BCUT2D eigenvalue weighted by Gasteiger charge is -2.26. The highest BCUT2D eigenvalue weighted by Crippen LogP contribution is 2.27. The molecule has 0 spiro atoms. The van der Waals surface area contributed by atoms with Crippen LogP contribution in [0.4, 0.5) is 0 Å². The summed E-state index contributed by atoms with van der Waals surface area (Å²) < 4.78 is 0. The molecule has 0 atom stereocenters. The van der Waals surface area contributed by atoms with E-state index in [0.29, 0.717) is 5.41 Å². The molecule has 0 radical (unpaired) electrons. The van der Waals surface area contributed by atoms with E-state index in [9.17, 15) is 0 Å². The van der Waals surface area contributed by atoms with Crippen molar-refractivity contribution in [3.63, 3.8) is 0 Å². The van der Waals surface area contributed by atoms with Crippen molar-refractivity contribution in [2.45, 2.75) is 65.3 Å². The van der Waals surface area contributed by atoms with Crippen LogP contribution >= 0.6 is 0 Å². The van der Waals surface area contributed by atoms with E-state index in [1.807, 2.05) is 0 Å². The summed E-state index contributed by atoms with van der Waals surface area (Å²) in [7, 11) is 0. The molecular weight excluding hydrogens is 230 g/mol. The van der Waals surface area contributed by atoms with Gasteiger partial charge in [-0.25, -0.2) is 0 Å². The molecular formula is C18H29N. The van der Waals surface area contributed by atoms with Gasteiger partial charge in [0, 0.05) is 12.6 Å². The van der Waals surface area contributed by atoms with Gasteiger partial charge < -0.3 is 5.32 Å². The first-order valence-corrected chi connectivity index (χ1v) is 7.59. The van der Waals surface area contributed by atoms with Crippen LogP contribution in [0.3, 0.4) is 0 Å². The van der Waals surface area contributed by atoms with Gasteiger partial charge in [0.05, 0.1) is 0 Å². The largest absolute Gasteiger partial charge is 0.313 e. The lowest BCUT2D eigenvalue weighted by atomic mass is 9.83. The van der Waals surface area contributed by atoms with Crippen LogP contribution in [-0.4, -0.2) is 12.6 Å². The molecule has 1 fully saturated rings. The zero-order chi connectivity index (χ0) is 14.1. The average molecular weight is 259 g/mol. The molecule has 0 aliphatic heterocycles. The molecule has 0 bridgehead atoms. The van der Waals surface area contributed by atoms with Crippen molar-refractivity contribution in [1.29, 1.82) is 0 Å². The normalized spacial score (nSPS) is 16.7. The third kappa shape index (κ3) is 4.65. The van der Waals surface area contributed by atoms with E-state index >= 15 is 0 Å². The fourth-order valence-corrected chi connectivity index (χ4v) is 2.45. The number of rotatable bonds is 5. The quantitative estimate of drug-likeness (QED) is 0.831. The molecule has 0 saturated heterocycles. The van der Waals surface area contributed by atoms with Gasteiger partial charge in [0.15, 0.2) is 0 Å². The third-order valence-corrected chi connectivity index (χ3v) is 3.95. The highest BCUT2D eigenvalue weighted by molar-refractivity contribution is 5.28. The van der Waals surface area contributed by atoms with Gasteiger partial charge in [-0.3, -0.25) is 0 Å². The summed E-state index contributed by atoms with van der Waals surface area (Å²) in [4.78, 5) is 0. The van der Waals surface area contributed by atoms with Crippen molar-refractivity contribution < 1.29 is 0 Å². The molecule has 1 aliphatic rings. The first kappa shape index (κ1) is 14.6. The Morgan fingerprint density at radius 2 is 1.58 bits per heavy atom. The Balaban J connectivity index is 1.93. The van der Waals surface area contributed by atoms with Gasteiger partial charge in [-0.05, 0) is 41.2 Å². The smallest absolute Gasteiger partial charge is 0.00684 e. The lowest BCUT2D eigenvalue weighted by Crippen LogP contribution is -2.32. The van der Waals surface area contributed by atoms with E-state index in [1.54, 1.807) is 0 Å². The molecule has 106 valence electrons. The van der Waals surface area contributed by atoms with E-state index in [2.05, 4.69) is 64.2 Å². The van der Waals surface area contributed by atoms with Crippen molar-refractivity contribution >= 4 is 0 Å². The fraction of sp³-hybridized carbons (Fsp3) is 0.667. The van der Waals surface area contributed by atoms with Crippen LogP contribution in [0.25, 0.3) is 0 Å². The van der Waals surface area contributed by atoms with Gasteiger partial charge >= 0.3 is 0 Å². The van der Waals surface area contributed by atoms with Gasteiger partial charge in [-0.15, -0.1) is 0 Å². The molecule has 19 heavy (non-hydrogen) atoms. The summed E-state index contributed by atoms with van der Waals surface area (Å²) >= 11 is 0. The van der Waals surface area contributed by atoms with Crippen molar-refractivity contribution in [1.82, 2.24) is 5.32 Å². The Kier molecular flexibility index (Phi) is 4.06. The number of benzene rings is 1. The highest BCUT2D eigenvalue weighted by Gasteiger charge is 2.25. The molecule has 1 aliphatic carbocycles. The standard InChI is InChI=1S/C18H29N/c1-17(2,3)15-8-6-14(7-9-15)12-18(4,5)13-19-16-10-11-16/h6-9,16,19H,10-13H2,1-5H3. The van der Waals surface area contributed by atoms with Crippen LogP contribution in [0, 0.1) is 5.41 Å². The Morgan fingerprint density at radius 1 is 1.00 bits per heavy atom. The second-order valence-corrected chi connectivity index (χ2v) is 7.94. The number of hydrogen-bond donors (Lipinski definition) is 1. The summed E-state index contributed by atoms with van der Waals surface area (Å²) in [6.45, 7) is 12.7. The zero-order valence-corrected chi connectivity index (χ0v) is 13.2. The predicted octanol–water partition coefficient (Wildman–Crippen LogP) is 4.30. The molecule has 1 saturated carbocycles. The van der Waals surface area contributed by atoms with E-state index in [1.165, 1.54) is 24.0 Å². The minimum absolute atomic E-state index is 0.252. The minimum atomic E-state index is 0.252. The Morgan fingerprint density at radius 3 is 2.05 bits per heavy atom. The number of nitrogens with one attached hydrogen (secondary N) is 1. The summed E-state index contributed by atoms with van der Waals surface area (Å²) in [6, 6.07) is 10.0. The first-order chi connectivity index (χ1) is 8.76. The molecule has 1 aromatic rings. The number of hydrogen-bond acceptors (Lipinski definition) is 1. The maximum absolute atomic E-state index is 3.65. The predicted molar refractivity (Wildman–Crippen MR) is 83.7 cm³/mol. The molecule has 2 rings (SSSR count). The van der Waals surface area contributed by atoms with Gasteiger partial charge in [0.2, 0.25) is 0 Å². The molecule has 0 unspecified atom stereocenters. The average Bonchev–Trinajstić information content (AvgIpc) is 3.09. The summed E-state index contributed by atoms with van der Waals surface area (Å²) in [5.74, 6) is 0. The highest BCUT2D eigenvalue weighted by atomic mass is 15.0. The zero-order valence-electron chi connectivity index (χ0n) is 13.2. The van der Waals surface area contributed by atoms with Crippen molar-refractivity contribution in [2.75, 3.05) is 6.54 Å². The second-order valence-electron chi connectivity index (χ2n) is 7.94. The molecule has 0 amide bonds. The van der Waals surface area contributed by atoms with Crippen LogP contribution in [0.1, 0.15) is 58.6 Å².